The first-order chi connectivity index (χ1) is 14.7. The summed E-state index contributed by atoms with van der Waals surface area (Å²) < 4.78 is 23.8. The van der Waals surface area contributed by atoms with Crippen molar-refractivity contribution in [2.75, 3.05) is 33.0 Å². The van der Waals surface area contributed by atoms with Gasteiger partial charge in [0.25, 0.3) is 5.91 Å². The van der Waals surface area contributed by atoms with Gasteiger partial charge >= 0.3 is 0 Å². The molecule has 162 valence electrons. The van der Waals surface area contributed by atoms with Crippen LogP contribution in [0.1, 0.15) is 15.4 Å². The first-order valence-corrected chi connectivity index (χ1v) is 10.7. The third-order valence-electron chi connectivity index (χ3n) is 5.33. The van der Waals surface area contributed by atoms with Crippen molar-refractivity contribution in [1.82, 2.24) is 14.8 Å². The maximum atomic E-state index is 13.1. The number of fused-ring (bicyclic) bond motifs is 1. The molecule has 31 heavy (non-hydrogen) atoms. The summed E-state index contributed by atoms with van der Waals surface area (Å²) in [5.41, 5.74) is 2.40. The number of hydrogen-bond donors (Lipinski definition) is 0. The second-order valence-electron chi connectivity index (χ2n) is 7.27. The lowest BCUT2D eigenvalue weighted by atomic mass is 10.1. The van der Waals surface area contributed by atoms with Crippen LogP contribution < -0.4 is 9.47 Å². The molecule has 1 amide bonds. The van der Waals surface area contributed by atoms with Crippen molar-refractivity contribution in [1.29, 1.82) is 0 Å². The van der Waals surface area contributed by atoms with E-state index in [1.807, 2.05) is 10.3 Å². The van der Waals surface area contributed by atoms with E-state index in [2.05, 4.69) is 9.88 Å². The Bertz CT molecular complexity index is 1070. The number of ether oxygens (including phenoxy) is 2. The molecule has 0 radical (unpaired) electrons. The number of thiazole rings is 1. The molecule has 1 fully saturated rings. The van der Waals surface area contributed by atoms with Crippen molar-refractivity contribution >= 4 is 29.7 Å². The van der Waals surface area contributed by atoms with Crippen LogP contribution in [-0.2, 0) is 6.54 Å². The summed E-state index contributed by atoms with van der Waals surface area (Å²) in [6.07, 6.45) is 0. The Morgan fingerprint density at radius 3 is 2.55 bits per heavy atom. The van der Waals surface area contributed by atoms with E-state index in [0.717, 1.165) is 35.9 Å². The number of nitrogens with zero attached hydrogens (tertiary/aromatic N) is 3. The number of hydrogen-bond acceptors (Lipinski definition) is 6. The van der Waals surface area contributed by atoms with Gasteiger partial charge in [-0.3, -0.25) is 9.69 Å². The highest BCUT2D eigenvalue weighted by Crippen LogP contribution is 2.33. The normalized spacial score (nSPS) is 15.6. The maximum Gasteiger partial charge on any atom is 0.254 e. The summed E-state index contributed by atoms with van der Waals surface area (Å²) in [7, 11) is 0. The summed E-state index contributed by atoms with van der Waals surface area (Å²) in [4.78, 5) is 21.7. The van der Waals surface area contributed by atoms with Gasteiger partial charge in [0, 0.05) is 42.7 Å². The van der Waals surface area contributed by atoms with Gasteiger partial charge in [-0.25, -0.2) is 9.37 Å². The van der Waals surface area contributed by atoms with E-state index in [1.165, 1.54) is 12.1 Å². The van der Waals surface area contributed by atoms with Gasteiger partial charge in [0.2, 0.25) is 6.79 Å². The van der Waals surface area contributed by atoms with Crippen LogP contribution in [0, 0.1) is 5.82 Å². The highest BCUT2D eigenvalue weighted by Gasteiger charge is 2.24. The third-order valence-corrected chi connectivity index (χ3v) is 6.16. The second kappa shape index (κ2) is 9.21. The lowest BCUT2D eigenvalue weighted by molar-refractivity contribution is 0.0628. The zero-order valence-corrected chi connectivity index (χ0v) is 18.3. The molecule has 0 saturated carbocycles. The van der Waals surface area contributed by atoms with Gasteiger partial charge in [-0.15, -0.1) is 23.7 Å². The Kier molecular flexibility index (Phi) is 6.41. The number of aromatic nitrogens is 1. The number of halogens is 2. The van der Waals surface area contributed by atoms with Crippen molar-refractivity contribution in [3.05, 3.63) is 64.2 Å². The lowest BCUT2D eigenvalue weighted by Crippen LogP contribution is -2.48. The summed E-state index contributed by atoms with van der Waals surface area (Å²) in [6, 6.07) is 11.7. The van der Waals surface area contributed by atoms with Crippen molar-refractivity contribution in [3.8, 4) is 22.8 Å². The van der Waals surface area contributed by atoms with E-state index >= 15 is 0 Å². The van der Waals surface area contributed by atoms with Crippen LogP contribution in [-0.4, -0.2) is 53.7 Å². The first kappa shape index (κ1) is 21.5. The highest BCUT2D eigenvalue weighted by atomic mass is 35.5. The van der Waals surface area contributed by atoms with Gasteiger partial charge < -0.3 is 14.4 Å². The van der Waals surface area contributed by atoms with E-state index in [1.54, 1.807) is 41.7 Å². The fourth-order valence-corrected chi connectivity index (χ4v) is 4.49. The first-order valence-electron chi connectivity index (χ1n) is 9.77. The molecule has 3 heterocycles. The minimum absolute atomic E-state index is 0. The molecule has 0 spiro atoms. The van der Waals surface area contributed by atoms with Crippen LogP contribution in [0.2, 0.25) is 0 Å². The maximum absolute atomic E-state index is 13.1. The summed E-state index contributed by atoms with van der Waals surface area (Å²) >= 11 is 1.60. The molecular weight excluding hydrogens is 441 g/mol. The summed E-state index contributed by atoms with van der Waals surface area (Å²) in [5.74, 6) is 1.07. The van der Waals surface area contributed by atoms with E-state index in [0.29, 0.717) is 30.2 Å². The van der Waals surface area contributed by atoms with Crippen LogP contribution in [0.5, 0.6) is 11.5 Å². The average molecular weight is 462 g/mol. The zero-order valence-electron chi connectivity index (χ0n) is 16.6. The molecule has 0 aliphatic carbocycles. The number of carbonyl (C=O) groups is 1. The Balaban J connectivity index is 0.00000231. The number of carbonyl (C=O) groups excluding carboxylic acids is 1. The molecule has 0 atom stereocenters. The SMILES string of the molecule is Cl.O=C(c1ccc2c(c1)OCO2)N1CCN(Cc2nc(-c3ccc(F)cc3)cs2)CC1. The van der Waals surface area contributed by atoms with Crippen LogP contribution in [0.25, 0.3) is 11.3 Å². The van der Waals surface area contributed by atoms with Crippen molar-refractivity contribution in [2.45, 2.75) is 6.54 Å². The number of piperazine rings is 1. The molecule has 1 saturated heterocycles. The van der Waals surface area contributed by atoms with Gasteiger partial charge in [0.05, 0.1) is 12.2 Å². The van der Waals surface area contributed by atoms with Crippen LogP contribution >= 0.6 is 23.7 Å². The Morgan fingerprint density at radius 2 is 1.77 bits per heavy atom. The van der Waals surface area contributed by atoms with Crippen molar-refractivity contribution in [3.63, 3.8) is 0 Å². The molecular formula is C22H21ClFN3O3S. The predicted octanol–water partition coefficient (Wildman–Crippen LogP) is 4.06. The molecule has 2 aliphatic rings. The molecule has 3 aromatic rings. The molecule has 0 bridgehead atoms. The lowest BCUT2D eigenvalue weighted by Gasteiger charge is -2.34. The van der Waals surface area contributed by atoms with Crippen molar-refractivity contribution < 1.29 is 18.7 Å². The second-order valence-corrected chi connectivity index (χ2v) is 8.21. The smallest absolute Gasteiger partial charge is 0.254 e. The minimum Gasteiger partial charge on any atom is -0.454 e. The van der Waals surface area contributed by atoms with E-state index in [9.17, 15) is 9.18 Å². The summed E-state index contributed by atoms with van der Waals surface area (Å²) in [6.45, 7) is 3.87. The van der Waals surface area contributed by atoms with Crippen molar-refractivity contribution in [2.24, 2.45) is 0 Å². The Morgan fingerprint density at radius 1 is 1.03 bits per heavy atom. The third kappa shape index (κ3) is 4.66. The Hall–Kier alpha value is -2.68. The number of amides is 1. The van der Waals surface area contributed by atoms with E-state index in [-0.39, 0.29) is 30.9 Å². The van der Waals surface area contributed by atoms with Gasteiger partial charge in [0.1, 0.15) is 10.8 Å². The fourth-order valence-electron chi connectivity index (χ4n) is 3.65. The summed E-state index contributed by atoms with van der Waals surface area (Å²) in [5, 5.41) is 3.02. The number of rotatable bonds is 4. The fraction of sp³-hybridized carbons (Fsp3) is 0.273. The van der Waals surface area contributed by atoms with Gasteiger partial charge in [-0.1, -0.05) is 0 Å². The number of benzene rings is 2. The molecule has 2 aliphatic heterocycles. The molecule has 6 nitrogen and oxygen atoms in total. The molecule has 1 aromatic heterocycles. The van der Waals surface area contributed by atoms with Crippen LogP contribution in [0.3, 0.4) is 0 Å². The zero-order chi connectivity index (χ0) is 20.5. The quantitative estimate of drug-likeness (QED) is 0.586. The molecule has 5 rings (SSSR count). The largest absolute Gasteiger partial charge is 0.454 e. The van der Waals surface area contributed by atoms with E-state index < -0.39 is 0 Å². The van der Waals surface area contributed by atoms with E-state index in [4.69, 9.17) is 9.47 Å². The van der Waals surface area contributed by atoms with Gasteiger partial charge in [0.15, 0.2) is 11.5 Å². The topological polar surface area (TPSA) is 54.9 Å². The monoisotopic (exact) mass is 461 g/mol. The average Bonchev–Trinajstić information content (AvgIpc) is 3.43. The molecule has 9 heteroatoms. The predicted molar refractivity (Wildman–Crippen MR) is 119 cm³/mol. The van der Waals surface area contributed by atoms with Crippen LogP contribution in [0.15, 0.2) is 47.8 Å². The minimum atomic E-state index is -0.248. The molecule has 0 unspecified atom stereocenters. The standard InChI is InChI=1S/C22H20FN3O3S.ClH/c23-17-4-1-15(2-5-17)18-13-30-21(24-18)12-25-7-9-26(10-8-25)22(27)16-3-6-19-20(11-16)29-14-28-19;/h1-6,11,13H,7-10,12,14H2;1H. The molecule has 0 N–H and O–H groups in total. The Labute approximate surface area is 189 Å². The van der Waals surface area contributed by atoms with Gasteiger partial charge in [-0.05, 0) is 42.5 Å². The van der Waals surface area contributed by atoms with Gasteiger partial charge in [-0.2, -0.15) is 0 Å². The highest BCUT2D eigenvalue weighted by molar-refractivity contribution is 7.09. The van der Waals surface area contributed by atoms with Crippen LogP contribution in [0.4, 0.5) is 4.39 Å². The molecule has 2 aromatic carbocycles.